The number of amides is 1. The second-order valence-corrected chi connectivity index (χ2v) is 7.09. The summed E-state index contributed by atoms with van der Waals surface area (Å²) in [4.78, 5) is 25.1. The zero-order valence-corrected chi connectivity index (χ0v) is 19.7. The first kappa shape index (κ1) is 23.9. The summed E-state index contributed by atoms with van der Waals surface area (Å²) in [5.41, 5.74) is -2.19. The molecule has 0 bridgehead atoms. The molecule has 2 aliphatic rings. The molecule has 10 heteroatoms. The van der Waals surface area contributed by atoms with Crippen molar-refractivity contribution in [1.29, 1.82) is 0 Å². The van der Waals surface area contributed by atoms with Crippen LogP contribution in [-0.4, -0.2) is 38.2 Å². The van der Waals surface area contributed by atoms with Crippen molar-refractivity contribution in [2.45, 2.75) is 50.5 Å². The molecule has 1 amide bonds. The van der Waals surface area contributed by atoms with Crippen LogP contribution in [-0.2, 0) is 30.9 Å². The summed E-state index contributed by atoms with van der Waals surface area (Å²) < 4.78 is 51.3. The maximum atomic E-state index is 13.5. The fraction of sp³-hybridized carbons (Fsp3) is 0.556. The van der Waals surface area contributed by atoms with Gasteiger partial charge in [-0.15, -0.1) is 5.46 Å². The Hall–Kier alpha value is -0.389. The Morgan fingerprint density at radius 2 is 2.00 bits per heavy atom. The van der Waals surface area contributed by atoms with Gasteiger partial charge in [0.25, 0.3) is 0 Å². The third-order valence-corrected chi connectivity index (χ3v) is 5.95. The van der Waals surface area contributed by atoms with Gasteiger partial charge in [0, 0.05) is 12.3 Å². The first-order chi connectivity index (χ1) is 12.6. The van der Waals surface area contributed by atoms with Gasteiger partial charge in [-0.3, -0.25) is 9.59 Å². The van der Waals surface area contributed by atoms with Crippen LogP contribution >= 0.6 is 0 Å². The maximum absolute atomic E-state index is 13.5. The van der Waals surface area contributed by atoms with Crippen LogP contribution in [0.25, 0.3) is 0 Å². The smallest absolute Gasteiger partial charge is 0.469 e. The second-order valence-electron chi connectivity index (χ2n) is 7.09. The summed E-state index contributed by atoms with van der Waals surface area (Å²) in [5, 5.41) is 2.78. The van der Waals surface area contributed by atoms with Crippen LogP contribution in [0.2, 0.25) is 0 Å². The summed E-state index contributed by atoms with van der Waals surface area (Å²) in [5.74, 6) is -0.978. The molecule has 2 heterocycles. The number of fused-ring (bicyclic) bond motifs is 2. The van der Waals surface area contributed by atoms with E-state index in [0.29, 0.717) is 17.7 Å². The summed E-state index contributed by atoms with van der Waals surface area (Å²) >= 11 is 0. The van der Waals surface area contributed by atoms with Gasteiger partial charge in [0.15, 0.2) is 0 Å². The molecule has 0 aliphatic carbocycles. The minimum Gasteiger partial charge on any atom is -0.469 e. The Morgan fingerprint density at radius 1 is 1.32 bits per heavy atom. The molecule has 5 nitrogen and oxygen atoms in total. The van der Waals surface area contributed by atoms with Crippen molar-refractivity contribution in [2.75, 3.05) is 19.0 Å². The number of esters is 1. The monoisotopic (exact) mass is 423 g/mol. The van der Waals surface area contributed by atoms with Gasteiger partial charge in [0.1, 0.15) is 5.41 Å². The van der Waals surface area contributed by atoms with Crippen LogP contribution in [0.4, 0.5) is 18.6 Å². The topological polar surface area (TPSA) is 64.6 Å². The zero-order valence-electron chi connectivity index (χ0n) is 16.5. The van der Waals surface area contributed by atoms with Crippen LogP contribution in [0.3, 0.4) is 0 Å². The molecule has 0 saturated carbocycles. The molecule has 1 saturated heterocycles. The van der Waals surface area contributed by atoms with E-state index in [1.165, 1.54) is 7.11 Å². The number of methoxy groups -OCH3 is 1. The van der Waals surface area contributed by atoms with Crippen molar-refractivity contribution >= 4 is 30.0 Å². The van der Waals surface area contributed by atoms with Crippen LogP contribution < -0.4 is 62.2 Å². The number of hydrogen-bond acceptors (Lipinski definition) is 4. The fourth-order valence-corrected chi connectivity index (χ4v) is 4.51. The first-order valence-electron chi connectivity index (χ1n) is 9.04. The van der Waals surface area contributed by atoms with Crippen molar-refractivity contribution in [1.82, 2.24) is 0 Å². The van der Waals surface area contributed by atoms with E-state index >= 15 is 0 Å². The van der Waals surface area contributed by atoms with E-state index in [2.05, 4.69) is 5.32 Å². The third kappa shape index (κ3) is 3.50. The molecule has 148 valence electrons. The Bertz CT molecular complexity index is 804. The summed E-state index contributed by atoms with van der Waals surface area (Å²) in [6.07, 6.45) is 0.650. The van der Waals surface area contributed by atoms with E-state index in [4.69, 9.17) is 9.47 Å². The molecule has 0 aromatic heterocycles. The molecule has 2 aliphatic heterocycles. The van der Waals surface area contributed by atoms with E-state index in [1.807, 2.05) is 0 Å². The number of hydrogen-bond donors (Lipinski definition) is 1. The van der Waals surface area contributed by atoms with Crippen LogP contribution in [0.1, 0.15) is 44.2 Å². The summed E-state index contributed by atoms with van der Waals surface area (Å²) in [6, 6.07) is 2.16. The number of halogens is 3. The van der Waals surface area contributed by atoms with E-state index in [1.54, 1.807) is 13.8 Å². The molecular weight excluding hydrogens is 401 g/mol. The maximum Gasteiger partial charge on any atom is 1.00 e. The molecule has 28 heavy (non-hydrogen) atoms. The minimum absolute atomic E-state index is 0. The quantitative estimate of drug-likeness (QED) is 0.519. The number of benzene rings is 1. The Labute approximate surface area is 204 Å². The molecule has 2 atom stereocenters. The molecule has 1 N–H and O–H groups in total. The van der Waals surface area contributed by atoms with E-state index in [-0.39, 0.29) is 82.8 Å². The first-order valence-corrected chi connectivity index (χ1v) is 9.04. The van der Waals surface area contributed by atoms with Gasteiger partial charge in [-0.2, -0.15) is 0 Å². The molecular formula is C18H22BF3KNO4. The van der Waals surface area contributed by atoms with Gasteiger partial charge in [-0.1, -0.05) is 26.0 Å². The zero-order chi connectivity index (χ0) is 20.0. The minimum atomic E-state index is -5.23. The summed E-state index contributed by atoms with van der Waals surface area (Å²) in [7, 11) is 1.23. The third-order valence-electron chi connectivity index (χ3n) is 5.95. The number of aryl methyl sites for hydroxylation is 1. The van der Waals surface area contributed by atoms with Gasteiger partial charge in [0.2, 0.25) is 5.91 Å². The average molecular weight is 423 g/mol. The van der Waals surface area contributed by atoms with Gasteiger partial charge in [0.05, 0.1) is 19.1 Å². The average Bonchev–Trinajstić information content (AvgIpc) is 3.14. The predicted molar refractivity (Wildman–Crippen MR) is 95.1 cm³/mol. The normalized spacial score (nSPS) is 26.0. The van der Waals surface area contributed by atoms with Gasteiger partial charge >= 0.3 is 64.3 Å². The van der Waals surface area contributed by atoms with Crippen molar-refractivity contribution in [3.63, 3.8) is 0 Å². The van der Waals surface area contributed by atoms with Gasteiger partial charge in [-0.05, 0) is 30.4 Å². The summed E-state index contributed by atoms with van der Waals surface area (Å²) in [6.45, 7) is -1.55. The SMILES string of the molecule is CCc1cc([B-](F)(F)F)cc2c1NC(=O)[C@]21CCO[C@@]1(CC)CC(=O)OC.[K+]. The van der Waals surface area contributed by atoms with Gasteiger partial charge < -0.3 is 27.7 Å². The number of ether oxygens (including phenoxy) is 2. The van der Waals surface area contributed by atoms with Crippen LogP contribution in [0.5, 0.6) is 0 Å². The van der Waals surface area contributed by atoms with Crippen molar-refractivity contribution in [2.24, 2.45) is 0 Å². The molecule has 0 unspecified atom stereocenters. The Balaban J connectivity index is 0.00000280. The van der Waals surface area contributed by atoms with Crippen LogP contribution in [0.15, 0.2) is 12.1 Å². The standard InChI is InChI=1S/C18H22BF3NO4.K/c1-4-11-8-12(19(20,21)22)9-13-15(11)23-16(25)18(13)6-7-27-17(18,5-2)10-14(24)26-3;/h8-9H,4-7,10H2,1-3H3,(H,23,25);/q-1;+1/t17-,18-;/m0./s1. The van der Waals surface area contributed by atoms with Crippen molar-refractivity contribution in [3.05, 3.63) is 23.3 Å². The fourth-order valence-electron chi connectivity index (χ4n) is 4.51. The number of anilines is 1. The Morgan fingerprint density at radius 3 is 2.54 bits per heavy atom. The number of carbonyl (C=O) groups excluding carboxylic acids is 2. The molecule has 1 fully saturated rings. The van der Waals surface area contributed by atoms with Gasteiger partial charge in [-0.25, -0.2) is 0 Å². The molecule has 0 radical (unpaired) electrons. The van der Waals surface area contributed by atoms with E-state index < -0.39 is 35.3 Å². The second kappa shape index (κ2) is 8.39. The largest absolute Gasteiger partial charge is 1.00 e. The number of nitrogens with one attached hydrogen (secondary N) is 1. The van der Waals surface area contributed by atoms with Crippen molar-refractivity contribution < 1.29 is 83.4 Å². The number of rotatable bonds is 5. The van der Waals surface area contributed by atoms with E-state index in [0.717, 1.165) is 12.1 Å². The molecule has 1 spiro atoms. The molecule has 1 aromatic rings. The van der Waals surface area contributed by atoms with Crippen molar-refractivity contribution in [3.8, 4) is 0 Å². The Kier molecular flexibility index (Phi) is 7.16. The predicted octanol–water partition coefficient (Wildman–Crippen LogP) is -0.370. The molecule has 3 rings (SSSR count). The molecule has 1 aromatic carbocycles. The van der Waals surface area contributed by atoms with Crippen LogP contribution in [0, 0.1) is 0 Å². The number of carbonyl (C=O) groups is 2. The van der Waals surface area contributed by atoms with E-state index in [9.17, 15) is 22.5 Å².